The van der Waals surface area contributed by atoms with Crippen molar-refractivity contribution in [2.24, 2.45) is 11.1 Å². The van der Waals surface area contributed by atoms with Gasteiger partial charge in [0.15, 0.2) is 0 Å². The van der Waals surface area contributed by atoms with E-state index in [0.717, 1.165) is 5.56 Å². The molecule has 4 N–H and O–H groups in total. The number of benzene rings is 1. The molecule has 0 fully saturated rings. The molecule has 1 aromatic carbocycles. The van der Waals surface area contributed by atoms with Crippen LogP contribution in [0.2, 0.25) is 0 Å². The van der Waals surface area contributed by atoms with Crippen LogP contribution in [0.1, 0.15) is 32.3 Å². The molecule has 1 rings (SSSR count). The maximum Gasteiger partial charge on any atom is 0.236 e. The lowest BCUT2D eigenvalue weighted by molar-refractivity contribution is -0.122. The van der Waals surface area contributed by atoms with E-state index in [1.54, 1.807) is 6.92 Å². The molecule has 0 aromatic heterocycles. The third-order valence-electron chi connectivity index (χ3n) is 3.45. The fourth-order valence-electron chi connectivity index (χ4n) is 2.00. The van der Waals surface area contributed by atoms with Gasteiger partial charge >= 0.3 is 0 Å². The summed E-state index contributed by atoms with van der Waals surface area (Å²) in [5.74, 6) is -0.129. The van der Waals surface area contributed by atoms with Gasteiger partial charge in [-0.3, -0.25) is 4.79 Å². The number of aliphatic hydroxyl groups excluding tert-OH is 1. The summed E-state index contributed by atoms with van der Waals surface area (Å²) in [4.78, 5) is 11.6. The first-order chi connectivity index (χ1) is 8.88. The Balaban J connectivity index is 0.00000361. The second-order valence-electron chi connectivity index (χ2n) is 5.64. The number of aliphatic hydroxyl groups is 1. The summed E-state index contributed by atoms with van der Waals surface area (Å²) >= 11 is 0. The van der Waals surface area contributed by atoms with E-state index < -0.39 is 6.04 Å². The standard InChI is InChI=1S/C15H24N2O2.ClH/c1-11(16)14(19)17-9-13(15(2,3)10-18)12-7-5-4-6-8-12;/h4-8,11,13,18H,9-10,16H2,1-3H3,(H,17,19);1H. The molecule has 0 aliphatic rings. The average molecular weight is 301 g/mol. The summed E-state index contributed by atoms with van der Waals surface area (Å²) < 4.78 is 0. The van der Waals surface area contributed by atoms with Crippen molar-refractivity contribution in [1.82, 2.24) is 5.32 Å². The maximum absolute atomic E-state index is 11.6. The minimum absolute atomic E-state index is 0. The molecule has 1 amide bonds. The molecule has 0 saturated carbocycles. The van der Waals surface area contributed by atoms with Gasteiger partial charge in [-0.15, -0.1) is 12.4 Å². The third-order valence-corrected chi connectivity index (χ3v) is 3.45. The molecule has 0 aliphatic heterocycles. The normalized spacial score (nSPS) is 14.1. The van der Waals surface area contributed by atoms with Crippen molar-refractivity contribution >= 4 is 18.3 Å². The van der Waals surface area contributed by atoms with Gasteiger partial charge in [0.25, 0.3) is 0 Å². The van der Waals surface area contributed by atoms with E-state index in [1.807, 2.05) is 44.2 Å². The van der Waals surface area contributed by atoms with Crippen molar-refractivity contribution in [1.29, 1.82) is 0 Å². The minimum Gasteiger partial charge on any atom is -0.396 e. The zero-order valence-electron chi connectivity index (χ0n) is 12.3. The van der Waals surface area contributed by atoms with Crippen LogP contribution < -0.4 is 11.1 Å². The van der Waals surface area contributed by atoms with Crippen LogP contribution in [0, 0.1) is 5.41 Å². The highest BCUT2D eigenvalue weighted by Crippen LogP contribution is 2.34. The van der Waals surface area contributed by atoms with Crippen molar-refractivity contribution in [3.63, 3.8) is 0 Å². The van der Waals surface area contributed by atoms with Crippen molar-refractivity contribution in [2.75, 3.05) is 13.2 Å². The lowest BCUT2D eigenvalue weighted by atomic mass is 9.75. The molecule has 2 atom stereocenters. The highest BCUT2D eigenvalue weighted by Gasteiger charge is 2.30. The topological polar surface area (TPSA) is 75.4 Å². The number of amides is 1. The van der Waals surface area contributed by atoms with Gasteiger partial charge in [-0.2, -0.15) is 0 Å². The maximum atomic E-state index is 11.6. The van der Waals surface area contributed by atoms with Gasteiger partial charge in [0.05, 0.1) is 6.04 Å². The van der Waals surface area contributed by atoms with Gasteiger partial charge in [-0.25, -0.2) is 0 Å². The van der Waals surface area contributed by atoms with Gasteiger partial charge in [0.2, 0.25) is 5.91 Å². The Morgan fingerprint density at radius 3 is 2.35 bits per heavy atom. The Morgan fingerprint density at radius 1 is 1.35 bits per heavy atom. The molecule has 0 heterocycles. The van der Waals surface area contributed by atoms with E-state index in [1.165, 1.54) is 0 Å². The van der Waals surface area contributed by atoms with Crippen molar-refractivity contribution < 1.29 is 9.90 Å². The number of rotatable bonds is 6. The molecule has 5 heteroatoms. The second kappa shape index (κ2) is 8.25. The second-order valence-corrected chi connectivity index (χ2v) is 5.64. The van der Waals surface area contributed by atoms with Gasteiger partial charge < -0.3 is 16.2 Å². The van der Waals surface area contributed by atoms with E-state index in [9.17, 15) is 9.90 Å². The molecule has 1 aromatic rings. The first-order valence-corrected chi connectivity index (χ1v) is 6.57. The fourth-order valence-corrected chi connectivity index (χ4v) is 2.00. The van der Waals surface area contributed by atoms with Crippen LogP contribution in [0.15, 0.2) is 30.3 Å². The summed E-state index contributed by atoms with van der Waals surface area (Å²) in [5.41, 5.74) is 6.33. The molecule has 0 radical (unpaired) electrons. The Kier molecular flexibility index (Phi) is 7.79. The fraction of sp³-hybridized carbons (Fsp3) is 0.533. The largest absolute Gasteiger partial charge is 0.396 e. The molecule has 114 valence electrons. The molecule has 2 unspecified atom stereocenters. The predicted molar refractivity (Wildman–Crippen MR) is 84.0 cm³/mol. The van der Waals surface area contributed by atoms with Crippen molar-refractivity contribution in [3.8, 4) is 0 Å². The number of hydrogen-bond donors (Lipinski definition) is 3. The van der Waals surface area contributed by atoms with Gasteiger partial charge in [-0.05, 0) is 17.9 Å². The van der Waals surface area contributed by atoms with E-state index in [-0.39, 0.29) is 36.3 Å². The van der Waals surface area contributed by atoms with E-state index in [4.69, 9.17) is 5.73 Å². The van der Waals surface area contributed by atoms with Gasteiger partial charge in [-0.1, -0.05) is 44.2 Å². The van der Waals surface area contributed by atoms with Crippen LogP contribution >= 0.6 is 12.4 Å². The Hall–Kier alpha value is -1.10. The third kappa shape index (κ3) is 5.12. The van der Waals surface area contributed by atoms with Crippen LogP contribution in [0.5, 0.6) is 0 Å². The zero-order chi connectivity index (χ0) is 14.5. The molecule has 20 heavy (non-hydrogen) atoms. The summed E-state index contributed by atoms with van der Waals surface area (Å²) in [6, 6.07) is 9.38. The Morgan fingerprint density at radius 2 is 1.90 bits per heavy atom. The summed E-state index contributed by atoms with van der Waals surface area (Å²) in [5, 5.41) is 12.4. The summed E-state index contributed by atoms with van der Waals surface area (Å²) in [7, 11) is 0. The summed E-state index contributed by atoms with van der Waals surface area (Å²) in [6.45, 7) is 6.16. The monoisotopic (exact) mass is 300 g/mol. The molecule has 0 spiro atoms. The van der Waals surface area contributed by atoms with Crippen LogP contribution in [0.25, 0.3) is 0 Å². The van der Waals surface area contributed by atoms with Gasteiger partial charge in [0.1, 0.15) is 0 Å². The number of carbonyl (C=O) groups is 1. The molecule has 4 nitrogen and oxygen atoms in total. The number of nitrogens with two attached hydrogens (primary N) is 1. The minimum atomic E-state index is -0.520. The quantitative estimate of drug-likeness (QED) is 0.748. The van der Waals surface area contributed by atoms with Crippen LogP contribution in [-0.4, -0.2) is 30.2 Å². The number of halogens is 1. The molecule has 0 saturated heterocycles. The van der Waals surface area contributed by atoms with Crippen LogP contribution in [0.4, 0.5) is 0 Å². The van der Waals surface area contributed by atoms with Crippen molar-refractivity contribution in [3.05, 3.63) is 35.9 Å². The first kappa shape index (κ1) is 18.9. The SMILES string of the molecule is CC(N)C(=O)NCC(c1ccccc1)C(C)(C)CO.Cl. The molecule has 0 bridgehead atoms. The van der Waals surface area contributed by atoms with E-state index in [0.29, 0.717) is 6.54 Å². The Labute approximate surface area is 127 Å². The highest BCUT2D eigenvalue weighted by atomic mass is 35.5. The van der Waals surface area contributed by atoms with Crippen molar-refractivity contribution in [2.45, 2.75) is 32.7 Å². The lowest BCUT2D eigenvalue weighted by Crippen LogP contribution is -2.43. The van der Waals surface area contributed by atoms with E-state index >= 15 is 0 Å². The smallest absolute Gasteiger partial charge is 0.236 e. The van der Waals surface area contributed by atoms with Crippen LogP contribution in [0.3, 0.4) is 0 Å². The van der Waals surface area contributed by atoms with Crippen LogP contribution in [-0.2, 0) is 4.79 Å². The Bertz CT molecular complexity index is 408. The predicted octanol–water partition coefficient (Wildman–Crippen LogP) is 1.67. The molecule has 0 aliphatic carbocycles. The first-order valence-electron chi connectivity index (χ1n) is 6.57. The lowest BCUT2D eigenvalue weighted by Gasteiger charge is -2.33. The molecular formula is C15H25ClN2O2. The number of carbonyl (C=O) groups excluding carboxylic acids is 1. The summed E-state index contributed by atoms with van der Waals surface area (Å²) in [6.07, 6.45) is 0. The van der Waals surface area contributed by atoms with E-state index in [2.05, 4.69) is 5.32 Å². The number of nitrogens with one attached hydrogen (secondary N) is 1. The zero-order valence-corrected chi connectivity index (χ0v) is 13.1. The highest BCUT2D eigenvalue weighted by molar-refractivity contribution is 5.85. The van der Waals surface area contributed by atoms with Gasteiger partial charge in [0, 0.05) is 19.1 Å². The number of hydrogen-bond acceptors (Lipinski definition) is 3. The average Bonchev–Trinajstić information content (AvgIpc) is 2.39. The molecular weight excluding hydrogens is 276 g/mol.